The van der Waals surface area contributed by atoms with Crippen LogP contribution in [-0.4, -0.2) is 113 Å². The van der Waals surface area contributed by atoms with Crippen LogP contribution in [0, 0.1) is 5.92 Å². The number of carbonyl (C=O) groups excluding carboxylic acids is 4. The first-order valence-electron chi connectivity index (χ1n) is 19.4. The maximum atomic E-state index is 14.2. The number of alkyl carbamates (subject to hydrolysis) is 1. The van der Waals surface area contributed by atoms with Gasteiger partial charge in [-0.1, -0.05) is 76.9 Å². The van der Waals surface area contributed by atoms with Crippen molar-refractivity contribution in [3.63, 3.8) is 0 Å². The van der Waals surface area contributed by atoms with Crippen molar-refractivity contribution in [1.29, 1.82) is 0 Å². The van der Waals surface area contributed by atoms with Crippen molar-refractivity contribution in [2.75, 3.05) is 33.2 Å². The summed E-state index contributed by atoms with van der Waals surface area (Å²) in [5.74, 6) is -1.50. The average Bonchev–Trinajstić information content (AvgIpc) is 3.81. The van der Waals surface area contributed by atoms with Gasteiger partial charge >= 0.3 is 12.1 Å². The molecule has 3 amide bonds. The molecule has 3 heterocycles. The van der Waals surface area contributed by atoms with E-state index in [4.69, 9.17) is 35.3 Å². The Balaban J connectivity index is 1.69. The molecule has 3 unspecified atom stereocenters. The van der Waals surface area contributed by atoms with Crippen molar-refractivity contribution in [3.8, 4) is 5.75 Å². The number of methoxy groups -OCH3 is 2. The van der Waals surface area contributed by atoms with Crippen LogP contribution in [0.5, 0.6) is 5.75 Å². The van der Waals surface area contributed by atoms with E-state index in [2.05, 4.69) is 39.9 Å². The molecule has 318 valence electrons. The number of carbonyl (C=O) groups is 4. The number of amides is 3. The number of halogens is 1. The van der Waals surface area contributed by atoms with Crippen LogP contribution in [0.3, 0.4) is 0 Å². The van der Waals surface area contributed by atoms with Gasteiger partial charge in [-0.25, -0.2) is 9.59 Å². The number of benzene rings is 1. The molecule has 13 nitrogen and oxygen atoms in total. The first-order chi connectivity index (χ1) is 26.3. The summed E-state index contributed by atoms with van der Waals surface area (Å²) in [6, 6.07) is 2.62. The largest absolute Gasteiger partial charge is 0.495 e. The Morgan fingerprint density at radius 2 is 1.86 bits per heavy atom. The first kappa shape index (κ1) is 46.4. The Kier molecular flexibility index (Phi) is 14.6. The van der Waals surface area contributed by atoms with Crippen LogP contribution in [-0.2, 0) is 39.8 Å². The number of allylic oxidation sites excluding steroid dienone is 3. The highest BCUT2D eigenvalue weighted by Crippen LogP contribution is 2.49. The number of rotatable bonds is 9. The number of hydrogen-bond acceptors (Lipinski definition) is 11. The van der Waals surface area contributed by atoms with Gasteiger partial charge in [-0.3, -0.25) is 14.9 Å². The zero-order chi connectivity index (χ0) is 42.8. The van der Waals surface area contributed by atoms with E-state index in [1.54, 1.807) is 64.0 Å². The van der Waals surface area contributed by atoms with Crippen molar-refractivity contribution in [2.24, 2.45) is 5.92 Å². The summed E-state index contributed by atoms with van der Waals surface area (Å²) in [6.07, 6.45) is 1.80. The lowest BCUT2D eigenvalue weighted by molar-refractivity contribution is -0.162. The number of anilines is 1. The summed E-state index contributed by atoms with van der Waals surface area (Å²) in [6.45, 7) is 17.7. The summed E-state index contributed by atoms with van der Waals surface area (Å²) in [4.78, 5) is 57.3. The summed E-state index contributed by atoms with van der Waals surface area (Å²) < 4.78 is 29.3. The van der Waals surface area contributed by atoms with Crippen molar-refractivity contribution in [2.45, 2.75) is 146 Å². The fourth-order valence-electron chi connectivity index (χ4n) is 7.68. The average molecular weight is 836 g/mol. The maximum Gasteiger partial charge on any atom is 0.409 e. The van der Waals surface area contributed by atoms with Gasteiger partial charge in [-0.05, 0) is 51.3 Å². The number of nitrogens with zero attached hydrogens (tertiary/aromatic N) is 2. The maximum absolute atomic E-state index is 14.2. The monoisotopic (exact) mass is 835 g/mol. The Morgan fingerprint density at radius 1 is 1.19 bits per heavy atom. The first-order valence-corrected chi connectivity index (χ1v) is 20.6. The molecule has 3 aliphatic heterocycles. The minimum absolute atomic E-state index is 0.0109. The molecule has 0 radical (unpaired) electrons. The summed E-state index contributed by atoms with van der Waals surface area (Å²) in [5, 5.41) is 14.5. The molecule has 0 saturated carbocycles. The molecule has 2 saturated heterocycles. The number of ether oxygens (including phenoxy) is 5. The predicted molar refractivity (Wildman–Crippen MR) is 222 cm³/mol. The molecule has 0 spiro atoms. The van der Waals surface area contributed by atoms with Crippen molar-refractivity contribution in [1.82, 2.24) is 10.2 Å². The molecule has 57 heavy (non-hydrogen) atoms. The molecule has 1 aromatic rings. The van der Waals surface area contributed by atoms with Gasteiger partial charge in [-0.15, -0.1) is 11.8 Å². The van der Waals surface area contributed by atoms with E-state index in [1.807, 2.05) is 19.9 Å². The standard InChI is InChI=1S/C42H62ClN3O10S/c1-24-15-14-16-31(53-13)42(51)23-30(54-38(50)44-42)25(2)36-41(9,56-36)32(22-34(48)46(11)28-20-27(19-24)21-29(52-12)35(28)43)55-37(49)26(3)45(10)33(47)17-18-40(7,8)57-39(4,5)6/h14-16,20-21,25-26,30-32,36,51H,17-19,22-23H2,1-13H3,(H,44,50)/b16-14-,24-15-/t25-,26+,30?,31-,32+,36+,41?,42?/m1/s1. The summed E-state index contributed by atoms with van der Waals surface area (Å²) in [7, 11) is 6.09. The van der Waals surface area contributed by atoms with Crippen LogP contribution in [0.2, 0.25) is 5.02 Å². The van der Waals surface area contributed by atoms with Gasteiger partial charge < -0.3 is 38.6 Å². The number of fused-ring (bicyclic) bond motifs is 5. The number of aliphatic hydroxyl groups is 1. The molecule has 4 bridgehead atoms. The smallest absolute Gasteiger partial charge is 0.409 e. The number of esters is 1. The number of hydrogen-bond donors (Lipinski definition) is 2. The Labute approximate surface area is 347 Å². The Morgan fingerprint density at radius 3 is 2.47 bits per heavy atom. The van der Waals surface area contributed by atoms with Crippen molar-refractivity contribution < 1.29 is 48.0 Å². The zero-order valence-electron chi connectivity index (χ0n) is 35.7. The van der Waals surface area contributed by atoms with Crippen LogP contribution < -0.4 is 15.0 Å². The predicted octanol–water partition coefficient (Wildman–Crippen LogP) is 6.61. The number of nitrogens with one attached hydrogen (secondary N) is 1. The third kappa shape index (κ3) is 11.3. The molecule has 4 rings (SSSR count). The van der Waals surface area contributed by atoms with E-state index in [0.29, 0.717) is 24.3 Å². The van der Waals surface area contributed by atoms with Crippen LogP contribution in [0.15, 0.2) is 35.9 Å². The van der Waals surface area contributed by atoms with Gasteiger partial charge in [0, 0.05) is 49.5 Å². The molecule has 0 aliphatic carbocycles. The van der Waals surface area contributed by atoms with E-state index in [9.17, 15) is 24.3 Å². The lowest BCUT2D eigenvalue weighted by Gasteiger charge is -2.42. The van der Waals surface area contributed by atoms with Crippen LogP contribution >= 0.6 is 23.4 Å². The number of thioether (sulfide) groups is 1. The van der Waals surface area contributed by atoms with Gasteiger partial charge in [0.25, 0.3) is 0 Å². The lowest BCUT2D eigenvalue weighted by Crippen LogP contribution is -2.63. The molecule has 2 fully saturated rings. The highest BCUT2D eigenvalue weighted by Gasteiger charge is 2.64. The Hall–Kier alpha value is -3.30. The summed E-state index contributed by atoms with van der Waals surface area (Å²) >= 11 is 8.59. The van der Waals surface area contributed by atoms with Gasteiger partial charge in [0.1, 0.15) is 40.7 Å². The lowest BCUT2D eigenvalue weighted by atomic mass is 9.83. The van der Waals surface area contributed by atoms with Crippen LogP contribution in [0.25, 0.3) is 0 Å². The van der Waals surface area contributed by atoms with E-state index in [-0.39, 0.29) is 39.7 Å². The van der Waals surface area contributed by atoms with Crippen LogP contribution in [0.1, 0.15) is 93.6 Å². The second kappa shape index (κ2) is 17.9. The van der Waals surface area contributed by atoms with Gasteiger partial charge in [-0.2, -0.15) is 0 Å². The number of epoxide rings is 1. The van der Waals surface area contributed by atoms with E-state index in [0.717, 1.165) is 11.1 Å². The number of likely N-dealkylation sites (N-methyl/N-ethyl adjacent to an activating group) is 1. The Bertz CT molecular complexity index is 1750. The molecule has 8 atom stereocenters. The molecule has 0 aromatic heterocycles. The third-order valence-corrected chi connectivity index (χ3v) is 12.8. The van der Waals surface area contributed by atoms with E-state index in [1.165, 1.54) is 24.0 Å². The molecule has 15 heteroatoms. The fraction of sp³-hybridized carbons (Fsp3) is 0.667. The minimum Gasteiger partial charge on any atom is -0.495 e. The summed E-state index contributed by atoms with van der Waals surface area (Å²) in [5.41, 5.74) is -0.908. The van der Waals surface area contributed by atoms with Crippen molar-refractivity contribution in [3.05, 3.63) is 46.5 Å². The molecule has 2 N–H and O–H groups in total. The topological polar surface area (TPSA) is 156 Å². The molecular formula is C42H62ClN3O10S. The highest BCUT2D eigenvalue weighted by atomic mass is 35.5. The van der Waals surface area contributed by atoms with Crippen LogP contribution in [0.4, 0.5) is 10.5 Å². The quantitative estimate of drug-likeness (QED) is 0.204. The van der Waals surface area contributed by atoms with E-state index >= 15 is 0 Å². The second-order valence-electron chi connectivity index (χ2n) is 17.4. The normalized spacial score (nSPS) is 30.5. The van der Waals surface area contributed by atoms with Crippen molar-refractivity contribution >= 4 is 52.9 Å². The zero-order valence-corrected chi connectivity index (χ0v) is 37.3. The molecule has 3 aliphatic rings. The minimum atomic E-state index is -1.83. The fourth-order valence-corrected chi connectivity index (χ4v) is 9.86. The second-order valence-corrected chi connectivity index (χ2v) is 20.3. The van der Waals surface area contributed by atoms with Gasteiger partial charge in [0.15, 0.2) is 5.72 Å². The molecule has 1 aromatic carbocycles. The van der Waals surface area contributed by atoms with Gasteiger partial charge in [0.2, 0.25) is 11.8 Å². The van der Waals surface area contributed by atoms with E-state index < -0.39 is 65.7 Å². The third-order valence-electron chi connectivity index (χ3n) is 11.0. The SMILES string of the molecule is COc1cc2cc(c1Cl)N(C)C(=O)C[C@H](OC(=O)[C@H](C)N(C)C(=O)CCC(C)(C)SC(C)(C)C)C1(C)O[C@H]1[C@H](C)C1CC(O)(NC(=O)O1)[C@H](OC)/C=C\C=C(\C)C2. The molecular weight excluding hydrogens is 774 g/mol. The highest BCUT2D eigenvalue weighted by molar-refractivity contribution is 8.01. The van der Waals surface area contributed by atoms with Gasteiger partial charge in [0.05, 0.1) is 25.3 Å².